The van der Waals surface area contributed by atoms with Crippen molar-refractivity contribution in [3.63, 3.8) is 0 Å². The largest absolute Gasteiger partial charge is 0.467 e. The molecule has 0 radical (unpaired) electrons. The summed E-state index contributed by atoms with van der Waals surface area (Å²) in [5, 5.41) is 3.10. The molecule has 0 N–H and O–H groups in total. The fourth-order valence-electron chi connectivity index (χ4n) is 1.97. The van der Waals surface area contributed by atoms with Crippen LogP contribution < -0.4 is 4.90 Å². The highest BCUT2D eigenvalue weighted by Gasteiger charge is 2.37. The number of anilines is 1. The Morgan fingerprint density at radius 3 is 2.94 bits per heavy atom. The van der Waals surface area contributed by atoms with E-state index in [9.17, 15) is 4.79 Å². The predicted octanol–water partition coefficient (Wildman–Crippen LogP) is 1.77. The molecule has 2 heterocycles. The number of thiazole rings is 1. The Labute approximate surface area is 98.2 Å². The van der Waals surface area contributed by atoms with Gasteiger partial charge in [0.15, 0.2) is 5.13 Å². The Balaban J connectivity index is 1.73. The molecule has 16 heavy (non-hydrogen) atoms. The van der Waals surface area contributed by atoms with Crippen molar-refractivity contribution in [1.82, 2.24) is 4.98 Å². The number of aromatic nitrogens is 1. The zero-order chi connectivity index (χ0) is 11.1. The van der Waals surface area contributed by atoms with Gasteiger partial charge in [0, 0.05) is 17.8 Å². The second-order valence-electron chi connectivity index (χ2n) is 4.35. The van der Waals surface area contributed by atoms with Gasteiger partial charge < -0.3 is 9.64 Å². The topological polar surface area (TPSA) is 42.4 Å². The average molecular weight is 238 g/mol. The highest BCUT2D eigenvalue weighted by atomic mass is 32.1. The van der Waals surface area contributed by atoms with Gasteiger partial charge in [-0.15, -0.1) is 11.3 Å². The Morgan fingerprint density at radius 2 is 2.38 bits per heavy atom. The minimum atomic E-state index is -0.144. The van der Waals surface area contributed by atoms with Gasteiger partial charge in [-0.1, -0.05) is 0 Å². The minimum Gasteiger partial charge on any atom is -0.467 e. The summed E-state index contributed by atoms with van der Waals surface area (Å²) in [6.45, 7) is 0.914. The molecule has 1 saturated heterocycles. The van der Waals surface area contributed by atoms with E-state index >= 15 is 0 Å². The first-order valence-electron chi connectivity index (χ1n) is 5.59. The first-order chi connectivity index (χ1) is 7.79. The van der Waals surface area contributed by atoms with Crippen molar-refractivity contribution in [2.75, 3.05) is 18.6 Å². The first kappa shape index (κ1) is 10.1. The maximum atomic E-state index is 11.4. The van der Waals surface area contributed by atoms with Crippen LogP contribution in [0.3, 0.4) is 0 Å². The zero-order valence-electron chi connectivity index (χ0n) is 9.18. The molecular weight excluding hydrogens is 224 g/mol. The van der Waals surface area contributed by atoms with Crippen molar-refractivity contribution in [2.24, 2.45) is 0 Å². The highest BCUT2D eigenvalue weighted by molar-refractivity contribution is 7.13. The quantitative estimate of drug-likeness (QED) is 0.753. The molecule has 0 aromatic carbocycles. The molecule has 1 saturated carbocycles. The average Bonchev–Trinajstić information content (AvgIpc) is 2.98. The van der Waals surface area contributed by atoms with Crippen LogP contribution in [0.4, 0.5) is 5.13 Å². The van der Waals surface area contributed by atoms with Crippen LogP contribution >= 0.6 is 11.3 Å². The molecule has 1 aromatic heterocycles. The van der Waals surface area contributed by atoms with Gasteiger partial charge in [-0.25, -0.2) is 9.78 Å². The van der Waals surface area contributed by atoms with Gasteiger partial charge in [0.05, 0.1) is 12.8 Å². The van der Waals surface area contributed by atoms with Crippen molar-refractivity contribution >= 4 is 22.4 Å². The van der Waals surface area contributed by atoms with Crippen LogP contribution in [0.25, 0.3) is 0 Å². The molecule has 0 spiro atoms. The normalized spacial score (nSPS) is 24.1. The summed E-state index contributed by atoms with van der Waals surface area (Å²) in [7, 11) is 1.44. The van der Waals surface area contributed by atoms with Crippen LogP contribution in [0.5, 0.6) is 0 Å². The van der Waals surface area contributed by atoms with E-state index in [-0.39, 0.29) is 12.0 Å². The standard InChI is InChI=1S/C11H14N2O2S/c1-15-10(14)9-4-5-13(9)11-12-8(6-16-11)7-2-3-7/h6-7,9H,2-5H2,1H3. The molecule has 86 valence electrons. The monoisotopic (exact) mass is 238 g/mol. The molecule has 3 rings (SSSR count). The Kier molecular flexibility index (Phi) is 2.35. The number of carbonyl (C=O) groups excluding carboxylic acids is 1. The summed E-state index contributed by atoms with van der Waals surface area (Å²) in [6, 6.07) is -0.108. The van der Waals surface area contributed by atoms with Gasteiger partial charge in [-0.05, 0) is 19.3 Å². The van der Waals surface area contributed by atoms with E-state index in [1.807, 2.05) is 4.90 Å². The van der Waals surface area contributed by atoms with Crippen molar-refractivity contribution in [2.45, 2.75) is 31.2 Å². The molecule has 2 aliphatic rings. The van der Waals surface area contributed by atoms with Crippen LogP contribution in [-0.2, 0) is 9.53 Å². The number of rotatable bonds is 3. The number of methoxy groups -OCH3 is 1. The number of esters is 1. The van der Waals surface area contributed by atoms with Crippen molar-refractivity contribution in [3.05, 3.63) is 11.1 Å². The first-order valence-corrected chi connectivity index (χ1v) is 6.47. The SMILES string of the molecule is COC(=O)C1CCN1c1nc(C2CC2)cs1. The lowest BCUT2D eigenvalue weighted by atomic mass is 10.1. The molecule has 1 aliphatic heterocycles. The molecule has 1 atom stereocenters. The number of ether oxygens (including phenoxy) is 1. The third kappa shape index (κ3) is 1.59. The lowest BCUT2D eigenvalue weighted by molar-refractivity contribution is -0.143. The predicted molar refractivity (Wildman–Crippen MR) is 61.9 cm³/mol. The molecule has 5 heteroatoms. The number of hydrogen-bond acceptors (Lipinski definition) is 5. The van der Waals surface area contributed by atoms with Crippen LogP contribution in [0.2, 0.25) is 0 Å². The Hall–Kier alpha value is -1.10. The smallest absolute Gasteiger partial charge is 0.328 e. The van der Waals surface area contributed by atoms with E-state index in [1.54, 1.807) is 11.3 Å². The van der Waals surface area contributed by atoms with Gasteiger partial charge in [-0.3, -0.25) is 0 Å². The van der Waals surface area contributed by atoms with E-state index in [2.05, 4.69) is 10.4 Å². The Morgan fingerprint density at radius 1 is 1.56 bits per heavy atom. The highest BCUT2D eigenvalue weighted by Crippen LogP contribution is 2.42. The van der Waals surface area contributed by atoms with Crippen molar-refractivity contribution < 1.29 is 9.53 Å². The molecule has 2 fully saturated rings. The lowest BCUT2D eigenvalue weighted by Gasteiger charge is -2.38. The summed E-state index contributed by atoms with van der Waals surface area (Å²) in [4.78, 5) is 18.1. The summed E-state index contributed by atoms with van der Waals surface area (Å²) < 4.78 is 4.77. The molecule has 1 unspecified atom stereocenters. The van der Waals surface area contributed by atoms with Gasteiger partial charge in [-0.2, -0.15) is 0 Å². The van der Waals surface area contributed by atoms with Crippen LogP contribution in [0, 0.1) is 0 Å². The Bertz CT molecular complexity index is 414. The number of carbonyl (C=O) groups is 1. The van der Waals surface area contributed by atoms with Gasteiger partial charge >= 0.3 is 5.97 Å². The van der Waals surface area contributed by atoms with Crippen molar-refractivity contribution in [1.29, 1.82) is 0 Å². The molecule has 1 aliphatic carbocycles. The summed E-state index contributed by atoms with van der Waals surface area (Å²) in [5.41, 5.74) is 1.20. The fourth-order valence-corrected chi connectivity index (χ4v) is 2.96. The number of nitrogens with zero attached hydrogens (tertiary/aromatic N) is 2. The maximum absolute atomic E-state index is 11.4. The van der Waals surface area contributed by atoms with E-state index in [0.717, 1.165) is 18.1 Å². The summed E-state index contributed by atoms with van der Waals surface area (Å²) in [6.07, 6.45) is 3.41. The lowest BCUT2D eigenvalue weighted by Crippen LogP contribution is -2.53. The van der Waals surface area contributed by atoms with Gasteiger partial charge in [0.25, 0.3) is 0 Å². The number of hydrogen-bond donors (Lipinski definition) is 0. The third-order valence-corrected chi connectivity index (χ3v) is 4.14. The van der Waals surface area contributed by atoms with Crippen molar-refractivity contribution in [3.8, 4) is 0 Å². The van der Waals surface area contributed by atoms with Gasteiger partial charge in [0.1, 0.15) is 6.04 Å². The minimum absolute atomic E-state index is 0.108. The van der Waals surface area contributed by atoms with E-state index in [4.69, 9.17) is 4.74 Å². The molecular formula is C11H14N2O2S. The molecule has 0 bridgehead atoms. The zero-order valence-corrected chi connectivity index (χ0v) is 10.00. The van der Waals surface area contributed by atoms with E-state index in [1.165, 1.54) is 25.6 Å². The van der Waals surface area contributed by atoms with Crippen LogP contribution in [0.15, 0.2) is 5.38 Å². The second-order valence-corrected chi connectivity index (χ2v) is 5.19. The van der Waals surface area contributed by atoms with E-state index in [0.29, 0.717) is 5.92 Å². The van der Waals surface area contributed by atoms with E-state index < -0.39 is 0 Å². The fraction of sp³-hybridized carbons (Fsp3) is 0.636. The van der Waals surface area contributed by atoms with Crippen LogP contribution in [-0.4, -0.2) is 30.6 Å². The van der Waals surface area contributed by atoms with Crippen LogP contribution in [0.1, 0.15) is 30.9 Å². The maximum Gasteiger partial charge on any atom is 0.328 e. The summed E-state index contributed by atoms with van der Waals surface area (Å²) in [5.74, 6) is 0.539. The third-order valence-electron chi connectivity index (χ3n) is 3.24. The second kappa shape index (κ2) is 3.73. The molecule has 4 nitrogen and oxygen atoms in total. The summed E-state index contributed by atoms with van der Waals surface area (Å²) >= 11 is 1.64. The molecule has 0 amide bonds. The molecule has 1 aromatic rings. The van der Waals surface area contributed by atoms with Gasteiger partial charge in [0.2, 0.25) is 0 Å².